The molecule has 3 rings (SSSR count). The number of carbonyl (C=O) groups is 3. The molecule has 1 fully saturated rings. The molecule has 1 N–H and O–H groups in total. The second-order valence-corrected chi connectivity index (χ2v) is 8.27. The minimum Gasteiger partial charge on any atom is -0.545 e. The van der Waals surface area contributed by atoms with E-state index in [2.05, 4.69) is 12.2 Å². The Kier molecular flexibility index (Phi) is 7.02. The summed E-state index contributed by atoms with van der Waals surface area (Å²) >= 11 is 6.53. The number of aryl methyl sites for hydroxylation is 1. The Hall–Kier alpha value is -2.97. The molecule has 1 saturated heterocycles. The van der Waals surface area contributed by atoms with Gasteiger partial charge in [0.15, 0.2) is 0 Å². The van der Waals surface area contributed by atoms with Crippen molar-refractivity contribution < 1.29 is 19.5 Å². The van der Waals surface area contributed by atoms with Gasteiger partial charge in [-0.15, -0.1) is 0 Å². The van der Waals surface area contributed by atoms with Crippen molar-refractivity contribution in [3.63, 3.8) is 0 Å². The summed E-state index contributed by atoms with van der Waals surface area (Å²) in [5.41, 5.74) is 2.64. The van der Waals surface area contributed by atoms with Crippen LogP contribution in [0.2, 0.25) is 0 Å². The van der Waals surface area contributed by atoms with Crippen LogP contribution < -0.4 is 10.4 Å². The molecule has 8 heteroatoms. The summed E-state index contributed by atoms with van der Waals surface area (Å²) in [6.07, 6.45) is 2.82. The van der Waals surface area contributed by atoms with E-state index < -0.39 is 5.97 Å². The maximum atomic E-state index is 12.7. The van der Waals surface area contributed by atoms with E-state index >= 15 is 0 Å². The topological polar surface area (TPSA) is 89.5 Å². The zero-order chi connectivity index (χ0) is 21.7. The number of anilines is 1. The molecule has 6 nitrogen and oxygen atoms in total. The van der Waals surface area contributed by atoms with Crippen LogP contribution in [0.25, 0.3) is 6.08 Å². The Morgan fingerprint density at radius 2 is 1.80 bits per heavy atom. The molecule has 0 unspecified atom stereocenters. The van der Waals surface area contributed by atoms with E-state index in [4.69, 9.17) is 12.2 Å². The predicted octanol–water partition coefficient (Wildman–Crippen LogP) is 2.84. The van der Waals surface area contributed by atoms with Crippen molar-refractivity contribution in [3.05, 3.63) is 70.1 Å². The molecule has 1 aliphatic rings. The van der Waals surface area contributed by atoms with Crippen LogP contribution in [0.1, 0.15) is 34.8 Å². The molecular formula is C22H19N2O4S2-. The fourth-order valence-corrected chi connectivity index (χ4v) is 4.13. The molecule has 2 aromatic rings. The van der Waals surface area contributed by atoms with Gasteiger partial charge in [-0.1, -0.05) is 67.3 Å². The molecule has 0 radical (unpaired) electrons. The zero-order valence-corrected chi connectivity index (χ0v) is 17.8. The van der Waals surface area contributed by atoms with E-state index in [0.717, 1.165) is 12.0 Å². The van der Waals surface area contributed by atoms with Crippen molar-refractivity contribution in [2.24, 2.45) is 0 Å². The van der Waals surface area contributed by atoms with Gasteiger partial charge in [-0.3, -0.25) is 14.5 Å². The van der Waals surface area contributed by atoms with Crippen LogP contribution in [-0.4, -0.2) is 33.5 Å². The third-order valence-corrected chi connectivity index (χ3v) is 5.90. The van der Waals surface area contributed by atoms with Gasteiger partial charge in [0.25, 0.3) is 5.91 Å². The van der Waals surface area contributed by atoms with Crippen LogP contribution in [-0.2, 0) is 16.0 Å². The average molecular weight is 440 g/mol. The highest BCUT2D eigenvalue weighted by Gasteiger charge is 2.32. The van der Waals surface area contributed by atoms with Gasteiger partial charge in [-0.25, -0.2) is 0 Å². The standard InChI is InChI=1S/C22H20N2O4S2/c1-2-14-3-5-15(6-4-14)13-18-20(26)24(22(29)30-18)12-11-19(25)23-17-9-7-16(8-10-17)21(27)28/h3-10,13H,2,11-12H2,1H3,(H,23,25)(H,27,28)/p-1/b18-13+. The van der Waals surface area contributed by atoms with E-state index in [9.17, 15) is 19.5 Å². The molecule has 0 aromatic heterocycles. The first-order valence-corrected chi connectivity index (χ1v) is 10.6. The van der Waals surface area contributed by atoms with Gasteiger partial charge < -0.3 is 15.2 Å². The SMILES string of the molecule is CCc1ccc(/C=C2/SC(=S)N(CCC(=O)Nc3ccc(C(=O)[O-])cc3)C2=O)cc1. The van der Waals surface area contributed by atoms with Crippen molar-refractivity contribution >= 4 is 57.8 Å². The molecule has 0 bridgehead atoms. The van der Waals surface area contributed by atoms with Crippen molar-refractivity contribution in [1.82, 2.24) is 4.90 Å². The first kappa shape index (κ1) is 21.7. The van der Waals surface area contributed by atoms with Crippen LogP contribution >= 0.6 is 24.0 Å². The highest BCUT2D eigenvalue weighted by atomic mass is 32.2. The first-order valence-electron chi connectivity index (χ1n) is 9.33. The van der Waals surface area contributed by atoms with E-state index in [1.807, 2.05) is 24.3 Å². The van der Waals surface area contributed by atoms with Crippen molar-refractivity contribution in [2.45, 2.75) is 19.8 Å². The largest absolute Gasteiger partial charge is 0.545 e. The second kappa shape index (κ2) is 9.69. The summed E-state index contributed by atoms with van der Waals surface area (Å²) < 4.78 is 0.419. The van der Waals surface area contributed by atoms with E-state index in [-0.39, 0.29) is 30.3 Å². The molecular weight excluding hydrogens is 420 g/mol. The van der Waals surface area contributed by atoms with Crippen LogP contribution in [0.3, 0.4) is 0 Å². The lowest BCUT2D eigenvalue weighted by atomic mass is 10.1. The molecule has 154 valence electrons. The summed E-state index contributed by atoms with van der Waals surface area (Å²) in [5, 5.41) is 13.4. The zero-order valence-electron chi connectivity index (χ0n) is 16.2. The molecule has 0 spiro atoms. The van der Waals surface area contributed by atoms with Gasteiger partial charge in [-0.2, -0.15) is 0 Å². The Balaban J connectivity index is 1.57. The number of aromatic carboxylic acids is 1. The number of hydrogen-bond donors (Lipinski definition) is 1. The highest BCUT2D eigenvalue weighted by molar-refractivity contribution is 8.26. The number of carboxylic acids is 1. The normalized spacial score (nSPS) is 15.0. The number of amides is 2. The lowest BCUT2D eigenvalue weighted by molar-refractivity contribution is -0.255. The summed E-state index contributed by atoms with van der Waals surface area (Å²) in [4.78, 5) is 37.6. The number of thiocarbonyl (C=S) groups is 1. The van der Waals surface area contributed by atoms with E-state index in [0.29, 0.717) is 14.9 Å². The molecule has 0 aliphatic carbocycles. The monoisotopic (exact) mass is 439 g/mol. The van der Waals surface area contributed by atoms with Crippen LogP contribution in [0.5, 0.6) is 0 Å². The fraction of sp³-hybridized carbons (Fsp3) is 0.182. The fourth-order valence-electron chi connectivity index (χ4n) is 2.82. The number of carboxylic acid groups (broad SMARTS) is 1. The Bertz CT molecular complexity index is 1010. The first-order chi connectivity index (χ1) is 14.4. The third kappa shape index (κ3) is 5.34. The van der Waals surface area contributed by atoms with Gasteiger partial charge in [0, 0.05) is 18.7 Å². The van der Waals surface area contributed by atoms with Gasteiger partial charge in [0.05, 0.1) is 10.9 Å². The molecule has 30 heavy (non-hydrogen) atoms. The second-order valence-electron chi connectivity index (χ2n) is 6.59. The summed E-state index contributed by atoms with van der Waals surface area (Å²) in [6.45, 7) is 2.25. The summed E-state index contributed by atoms with van der Waals surface area (Å²) in [6, 6.07) is 13.6. The minimum atomic E-state index is -1.28. The predicted molar refractivity (Wildman–Crippen MR) is 120 cm³/mol. The lowest BCUT2D eigenvalue weighted by Gasteiger charge is -2.14. The molecule has 1 heterocycles. The number of carbonyl (C=O) groups excluding carboxylic acids is 3. The van der Waals surface area contributed by atoms with Crippen molar-refractivity contribution in [2.75, 3.05) is 11.9 Å². The Morgan fingerprint density at radius 1 is 1.13 bits per heavy atom. The number of thioether (sulfide) groups is 1. The number of benzene rings is 2. The van der Waals surface area contributed by atoms with Crippen LogP contribution in [0, 0.1) is 0 Å². The maximum absolute atomic E-state index is 12.7. The number of nitrogens with zero attached hydrogens (tertiary/aromatic N) is 1. The quantitative estimate of drug-likeness (QED) is 0.527. The minimum absolute atomic E-state index is 0.0293. The van der Waals surface area contributed by atoms with Gasteiger partial charge >= 0.3 is 0 Å². The maximum Gasteiger partial charge on any atom is 0.266 e. The van der Waals surface area contributed by atoms with Crippen LogP contribution in [0.15, 0.2) is 53.4 Å². The number of nitrogens with one attached hydrogen (secondary N) is 1. The molecule has 0 saturated carbocycles. The third-order valence-electron chi connectivity index (χ3n) is 4.53. The van der Waals surface area contributed by atoms with Crippen LogP contribution in [0.4, 0.5) is 5.69 Å². The molecule has 2 aromatic carbocycles. The molecule has 0 atom stereocenters. The van der Waals surface area contributed by atoms with Crippen molar-refractivity contribution in [3.8, 4) is 0 Å². The smallest absolute Gasteiger partial charge is 0.266 e. The Morgan fingerprint density at radius 3 is 2.40 bits per heavy atom. The number of hydrogen-bond acceptors (Lipinski definition) is 6. The Labute approximate surface area is 184 Å². The summed E-state index contributed by atoms with van der Waals surface area (Å²) in [5.74, 6) is -1.79. The molecule has 2 amide bonds. The average Bonchev–Trinajstić information content (AvgIpc) is 3.00. The van der Waals surface area contributed by atoms with Gasteiger partial charge in [0.1, 0.15) is 4.32 Å². The molecule has 1 aliphatic heterocycles. The van der Waals surface area contributed by atoms with Gasteiger partial charge in [0.2, 0.25) is 5.91 Å². The summed E-state index contributed by atoms with van der Waals surface area (Å²) in [7, 11) is 0. The highest BCUT2D eigenvalue weighted by Crippen LogP contribution is 2.32. The van der Waals surface area contributed by atoms with E-state index in [1.165, 1.54) is 46.5 Å². The van der Waals surface area contributed by atoms with E-state index in [1.54, 1.807) is 6.08 Å². The lowest BCUT2D eigenvalue weighted by Crippen LogP contribution is -2.31. The van der Waals surface area contributed by atoms with Gasteiger partial charge in [-0.05, 0) is 41.3 Å². The number of rotatable bonds is 7. The van der Waals surface area contributed by atoms with Crippen molar-refractivity contribution in [1.29, 1.82) is 0 Å².